The van der Waals surface area contributed by atoms with Crippen LogP contribution in [-0.4, -0.2) is 54.5 Å². The average Bonchev–Trinajstić information content (AvgIpc) is 3.41. The topological polar surface area (TPSA) is 89.5 Å². The minimum Gasteiger partial charge on any atom is -0.485 e. The maximum atomic E-state index is 12.5. The van der Waals surface area contributed by atoms with Gasteiger partial charge in [0.2, 0.25) is 0 Å². The van der Waals surface area contributed by atoms with E-state index >= 15 is 0 Å². The highest BCUT2D eigenvalue weighted by atomic mass is 16.8. The van der Waals surface area contributed by atoms with Crippen molar-refractivity contribution in [1.29, 1.82) is 0 Å². The lowest BCUT2D eigenvalue weighted by molar-refractivity contribution is -0.248. The van der Waals surface area contributed by atoms with Crippen LogP contribution in [0, 0.1) is 27.6 Å². The fourth-order valence-electron chi connectivity index (χ4n) is 9.67. The van der Waals surface area contributed by atoms with E-state index in [4.69, 9.17) is 28.4 Å². The first-order chi connectivity index (χ1) is 19.9. The van der Waals surface area contributed by atoms with Crippen molar-refractivity contribution in [3.05, 3.63) is 23.0 Å². The molecule has 3 aliphatic carbocycles. The summed E-state index contributed by atoms with van der Waals surface area (Å²) in [5.41, 5.74) is 1.43. The van der Waals surface area contributed by atoms with Crippen LogP contribution in [0.1, 0.15) is 114 Å². The fraction of sp³-hybridized carbons (Fsp3) is 0.829. The van der Waals surface area contributed by atoms with E-state index in [1.54, 1.807) is 0 Å². The normalized spacial score (nSPS) is 42.4. The summed E-state index contributed by atoms with van der Waals surface area (Å²) >= 11 is 0. The van der Waals surface area contributed by atoms with Crippen LogP contribution in [-0.2, 0) is 38.0 Å². The summed E-state index contributed by atoms with van der Waals surface area (Å²) < 4.78 is 38.3. The summed E-state index contributed by atoms with van der Waals surface area (Å²) in [7, 11) is 0. The number of hydrogen-bond acceptors (Lipinski definition) is 8. The molecule has 7 atom stereocenters. The number of hydrogen-bond donors (Lipinski definition) is 0. The third kappa shape index (κ3) is 4.55. The van der Waals surface area contributed by atoms with Gasteiger partial charge in [-0.3, -0.25) is 9.59 Å². The van der Waals surface area contributed by atoms with E-state index in [-0.39, 0.29) is 35.3 Å². The molecule has 8 heteroatoms. The molecule has 240 valence electrons. The Labute approximate surface area is 257 Å². The van der Waals surface area contributed by atoms with Gasteiger partial charge in [-0.2, -0.15) is 0 Å². The number of allylic oxidation sites excluding steroid dienone is 3. The van der Waals surface area contributed by atoms with Crippen molar-refractivity contribution in [1.82, 2.24) is 0 Å². The van der Waals surface area contributed by atoms with E-state index in [0.717, 1.165) is 12.2 Å². The van der Waals surface area contributed by atoms with Crippen molar-refractivity contribution >= 4 is 11.9 Å². The number of rotatable bonds is 4. The van der Waals surface area contributed by atoms with Gasteiger partial charge in [0, 0.05) is 20.3 Å². The highest BCUT2D eigenvalue weighted by Gasteiger charge is 2.80. The molecule has 2 bridgehead atoms. The Balaban J connectivity index is 1.49. The lowest BCUT2D eigenvalue weighted by Crippen LogP contribution is -2.63. The van der Waals surface area contributed by atoms with Gasteiger partial charge in [0.15, 0.2) is 23.8 Å². The number of carbonyl (C=O) groups is 2. The van der Waals surface area contributed by atoms with E-state index in [0.29, 0.717) is 11.8 Å². The Morgan fingerprint density at radius 2 is 1.60 bits per heavy atom. The number of ether oxygens (including phenoxy) is 6. The molecule has 0 radical (unpaired) electrons. The minimum absolute atomic E-state index is 0.0850. The zero-order valence-corrected chi connectivity index (χ0v) is 27.9. The van der Waals surface area contributed by atoms with Gasteiger partial charge in [-0.25, -0.2) is 0 Å². The second kappa shape index (κ2) is 9.80. The molecular weight excluding hydrogens is 548 g/mol. The van der Waals surface area contributed by atoms with E-state index in [2.05, 4.69) is 47.6 Å². The average molecular weight is 601 g/mol. The van der Waals surface area contributed by atoms with Crippen LogP contribution in [0.15, 0.2) is 23.0 Å². The molecule has 4 unspecified atom stereocenters. The third-order valence-electron chi connectivity index (χ3n) is 12.5. The summed E-state index contributed by atoms with van der Waals surface area (Å²) in [6.45, 7) is 20.7. The van der Waals surface area contributed by atoms with Crippen molar-refractivity contribution in [2.24, 2.45) is 27.6 Å². The smallest absolute Gasteiger partial charge is 0.302 e. The molecule has 3 heterocycles. The molecule has 5 fully saturated rings. The Morgan fingerprint density at radius 1 is 0.930 bits per heavy atom. The van der Waals surface area contributed by atoms with Crippen LogP contribution in [0.4, 0.5) is 0 Å². The molecule has 0 N–H and O–H groups in total. The lowest BCUT2D eigenvalue weighted by atomic mass is 9.48. The second-order valence-corrected chi connectivity index (χ2v) is 16.2. The molecule has 0 aromatic rings. The molecule has 2 spiro atoms. The van der Waals surface area contributed by atoms with Crippen LogP contribution in [0.25, 0.3) is 0 Å². The van der Waals surface area contributed by atoms with Crippen molar-refractivity contribution < 1.29 is 38.0 Å². The second-order valence-electron chi connectivity index (χ2n) is 16.2. The minimum atomic E-state index is -0.967. The molecule has 0 amide bonds. The van der Waals surface area contributed by atoms with Crippen molar-refractivity contribution in [2.75, 3.05) is 6.61 Å². The molecule has 3 aliphatic heterocycles. The molecule has 0 aromatic heterocycles. The van der Waals surface area contributed by atoms with Crippen molar-refractivity contribution in [3.8, 4) is 0 Å². The number of fused-ring (bicyclic) bond motifs is 2. The van der Waals surface area contributed by atoms with Crippen molar-refractivity contribution in [2.45, 2.75) is 150 Å². The maximum Gasteiger partial charge on any atom is 0.302 e. The van der Waals surface area contributed by atoms with Gasteiger partial charge in [0.05, 0.1) is 17.9 Å². The van der Waals surface area contributed by atoms with Gasteiger partial charge in [0.1, 0.15) is 18.0 Å². The van der Waals surface area contributed by atoms with Gasteiger partial charge >= 0.3 is 11.9 Å². The Hall–Kier alpha value is -1.90. The predicted octanol–water partition coefficient (Wildman–Crippen LogP) is 6.76. The summed E-state index contributed by atoms with van der Waals surface area (Å²) in [5.74, 6) is -1.22. The van der Waals surface area contributed by atoms with Crippen LogP contribution >= 0.6 is 0 Å². The monoisotopic (exact) mass is 600 g/mol. The molecule has 43 heavy (non-hydrogen) atoms. The Bertz CT molecular complexity index is 1250. The maximum absolute atomic E-state index is 12.5. The van der Waals surface area contributed by atoms with E-state index in [1.807, 2.05) is 13.8 Å². The van der Waals surface area contributed by atoms with Gasteiger partial charge in [-0.05, 0) is 94.1 Å². The number of esters is 2. The zero-order valence-electron chi connectivity index (χ0n) is 27.9. The fourth-order valence-corrected chi connectivity index (χ4v) is 9.67. The summed E-state index contributed by atoms with van der Waals surface area (Å²) in [6, 6.07) is 0. The standard InChI is InChI=1S/C35H52O8/c1-20-11-12-34(15-13-30(4,5)14-16-34)31(6,7)23(20)17-26-33(10)24(19-38-21(2)36)35(41-26)27(18-25(33)39-22(3)37)40-29-28(35)42-32(8,9)43-29/h17,24-25,27-29H,11-16,18-19H2,1-10H3/b26-17-/t24?,25-,27?,28?,29?,33-,35+/m0/s1. The third-order valence-corrected chi connectivity index (χ3v) is 12.5. The Morgan fingerprint density at radius 3 is 2.23 bits per heavy atom. The SMILES string of the molecule is CC(=O)OCC1[C@@]23O/C(=C\C4=C(C)CCC5(CCC(C)(C)CC5)C4(C)C)[C@]1(C)[C@@H](OC(C)=O)CC2OC1OC(C)(C)OC13. The predicted molar refractivity (Wildman–Crippen MR) is 159 cm³/mol. The van der Waals surface area contributed by atoms with E-state index in [1.165, 1.54) is 57.1 Å². The van der Waals surface area contributed by atoms with E-state index in [9.17, 15) is 9.59 Å². The van der Waals surface area contributed by atoms with Crippen LogP contribution in [0.3, 0.4) is 0 Å². The molecule has 3 saturated heterocycles. The lowest BCUT2D eigenvalue weighted by Gasteiger charge is -2.56. The Kier molecular flexibility index (Phi) is 7.09. The van der Waals surface area contributed by atoms with Crippen LogP contribution in [0.2, 0.25) is 0 Å². The summed E-state index contributed by atoms with van der Waals surface area (Å²) in [4.78, 5) is 24.7. The molecule has 8 nitrogen and oxygen atoms in total. The molecule has 0 aromatic carbocycles. The molecule has 2 saturated carbocycles. The highest BCUT2D eigenvalue weighted by Crippen LogP contribution is 2.68. The van der Waals surface area contributed by atoms with Crippen molar-refractivity contribution in [3.63, 3.8) is 0 Å². The first kappa shape index (κ1) is 31.1. The van der Waals surface area contributed by atoms with Gasteiger partial charge in [-0.1, -0.05) is 33.3 Å². The first-order valence-corrected chi connectivity index (χ1v) is 16.3. The highest BCUT2D eigenvalue weighted by molar-refractivity contribution is 5.67. The zero-order chi connectivity index (χ0) is 31.4. The molecule has 6 rings (SSSR count). The van der Waals surface area contributed by atoms with Gasteiger partial charge in [-0.15, -0.1) is 0 Å². The summed E-state index contributed by atoms with van der Waals surface area (Å²) in [5, 5.41) is 0. The van der Waals surface area contributed by atoms with Crippen LogP contribution in [0.5, 0.6) is 0 Å². The quantitative estimate of drug-likeness (QED) is 0.327. The van der Waals surface area contributed by atoms with Crippen LogP contribution < -0.4 is 0 Å². The van der Waals surface area contributed by atoms with E-state index < -0.39 is 41.4 Å². The molecule has 6 aliphatic rings. The summed E-state index contributed by atoms with van der Waals surface area (Å²) in [6.07, 6.45) is 7.64. The van der Waals surface area contributed by atoms with Gasteiger partial charge < -0.3 is 28.4 Å². The number of carbonyl (C=O) groups excluding carboxylic acids is 2. The molecular formula is C35H52O8. The van der Waals surface area contributed by atoms with Gasteiger partial charge in [0.25, 0.3) is 0 Å². The largest absolute Gasteiger partial charge is 0.485 e. The first-order valence-electron chi connectivity index (χ1n) is 16.3.